The monoisotopic (exact) mass is 486 g/mol. The van der Waals surface area contributed by atoms with Gasteiger partial charge in [0.25, 0.3) is 0 Å². The molecule has 0 unspecified atom stereocenters. The summed E-state index contributed by atoms with van der Waals surface area (Å²) < 4.78 is 16.3. The molecule has 2 aromatic rings. The van der Waals surface area contributed by atoms with Crippen LogP contribution in [0.25, 0.3) is 0 Å². The molecule has 7 heteroatoms. The van der Waals surface area contributed by atoms with E-state index in [1.807, 2.05) is 51.1 Å². The highest BCUT2D eigenvalue weighted by molar-refractivity contribution is 5.85. The van der Waals surface area contributed by atoms with E-state index in [0.717, 1.165) is 31.2 Å². The molecule has 0 atom stereocenters. The van der Waals surface area contributed by atoms with Gasteiger partial charge in [0.1, 0.15) is 12.3 Å². The van der Waals surface area contributed by atoms with E-state index in [4.69, 9.17) is 13.9 Å². The van der Waals surface area contributed by atoms with Crippen molar-refractivity contribution in [3.05, 3.63) is 47.9 Å². The Morgan fingerprint density at radius 3 is 2.31 bits per heavy atom. The van der Waals surface area contributed by atoms with Gasteiger partial charge in [-0.25, -0.2) is 0 Å². The van der Waals surface area contributed by atoms with Gasteiger partial charge >= 0.3 is 0 Å². The summed E-state index contributed by atoms with van der Waals surface area (Å²) in [5, 5.41) is 0. The second-order valence-electron chi connectivity index (χ2n) is 9.80. The Hall–Kier alpha value is -2.96. The largest absolute Gasteiger partial charge is 0.493 e. The molecule has 0 radical (unpaired) electrons. The van der Waals surface area contributed by atoms with Crippen molar-refractivity contribution >= 4 is 11.8 Å². The second kappa shape index (κ2) is 13.8. The van der Waals surface area contributed by atoms with E-state index in [1.54, 1.807) is 30.3 Å². The molecule has 0 N–H and O–H groups in total. The Kier molecular flexibility index (Phi) is 11.2. The lowest BCUT2D eigenvalue weighted by atomic mass is 10.0. The maximum Gasteiger partial charge on any atom is 0.242 e. The first-order chi connectivity index (χ1) is 16.7. The molecular formula is C28H42N2O5. The summed E-state index contributed by atoms with van der Waals surface area (Å²) in [5.41, 5.74) is 0.580. The van der Waals surface area contributed by atoms with E-state index in [0.29, 0.717) is 43.2 Å². The van der Waals surface area contributed by atoms with Crippen molar-refractivity contribution in [3.8, 4) is 11.5 Å². The first kappa shape index (κ1) is 28.3. The standard InChI is InChI=1S/C28H42N2O5/c1-7-8-9-10-13-26(31)30(28(2,3)4)21-27(32)29(20-23-12-11-18-35-23)17-16-22-14-15-24(33-5)25(19-22)34-6/h11-12,14-15,18-19H,7-10,13,16-17,20-21H2,1-6H3. The Labute approximate surface area is 210 Å². The first-order valence-corrected chi connectivity index (χ1v) is 12.5. The number of hydrogen-bond acceptors (Lipinski definition) is 5. The number of ether oxygens (including phenoxy) is 2. The van der Waals surface area contributed by atoms with Crippen molar-refractivity contribution < 1.29 is 23.5 Å². The van der Waals surface area contributed by atoms with E-state index >= 15 is 0 Å². The minimum atomic E-state index is -0.447. The molecule has 0 fully saturated rings. The number of hydrogen-bond donors (Lipinski definition) is 0. The lowest BCUT2D eigenvalue weighted by molar-refractivity contribution is -0.145. The molecular weight excluding hydrogens is 444 g/mol. The number of methoxy groups -OCH3 is 2. The van der Waals surface area contributed by atoms with Crippen LogP contribution in [0, 0.1) is 0 Å². The predicted octanol–water partition coefficient (Wildman–Crippen LogP) is 5.47. The molecule has 0 spiro atoms. The van der Waals surface area contributed by atoms with Crippen LogP contribution in [0.15, 0.2) is 41.0 Å². The van der Waals surface area contributed by atoms with E-state index in [-0.39, 0.29) is 18.4 Å². The van der Waals surface area contributed by atoms with E-state index in [9.17, 15) is 9.59 Å². The molecule has 1 aromatic carbocycles. The van der Waals surface area contributed by atoms with Crippen LogP contribution < -0.4 is 9.47 Å². The lowest BCUT2D eigenvalue weighted by Gasteiger charge is -2.37. The molecule has 7 nitrogen and oxygen atoms in total. The quantitative estimate of drug-likeness (QED) is 0.331. The maximum atomic E-state index is 13.5. The van der Waals surface area contributed by atoms with Crippen molar-refractivity contribution in [2.75, 3.05) is 27.3 Å². The van der Waals surface area contributed by atoms with Crippen molar-refractivity contribution in [1.82, 2.24) is 9.80 Å². The van der Waals surface area contributed by atoms with Crippen LogP contribution in [0.3, 0.4) is 0 Å². The van der Waals surface area contributed by atoms with Crippen LogP contribution in [-0.2, 0) is 22.6 Å². The zero-order valence-corrected chi connectivity index (χ0v) is 22.3. The molecule has 0 bridgehead atoms. The fraction of sp³-hybridized carbons (Fsp3) is 0.571. The van der Waals surface area contributed by atoms with Crippen molar-refractivity contribution in [2.24, 2.45) is 0 Å². The number of carbonyl (C=O) groups is 2. The summed E-state index contributed by atoms with van der Waals surface area (Å²) in [6.45, 7) is 8.96. The molecule has 194 valence electrons. The van der Waals surface area contributed by atoms with Gasteiger partial charge in [0, 0.05) is 18.5 Å². The van der Waals surface area contributed by atoms with E-state index < -0.39 is 5.54 Å². The van der Waals surface area contributed by atoms with Gasteiger partial charge < -0.3 is 23.7 Å². The Morgan fingerprint density at radius 1 is 0.971 bits per heavy atom. The van der Waals surface area contributed by atoms with E-state index in [2.05, 4.69) is 6.92 Å². The Bertz CT molecular complexity index is 918. The molecule has 0 saturated carbocycles. The number of benzene rings is 1. The normalized spacial score (nSPS) is 11.3. The Balaban J connectivity index is 2.14. The lowest BCUT2D eigenvalue weighted by Crippen LogP contribution is -2.51. The average Bonchev–Trinajstić information content (AvgIpc) is 3.34. The molecule has 1 heterocycles. The number of carbonyl (C=O) groups excluding carboxylic acids is 2. The molecule has 0 aliphatic carbocycles. The summed E-state index contributed by atoms with van der Waals surface area (Å²) in [5.74, 6) is 1.96. The van der Waals surface area contributed by atoms with Gasteiger partial charge in [0.2, 0.25) is 11.8 Å². The van der Waals surface area contributed by atoms with Gasteiger partial charge in [-0.2, -0.15) is 0 Å². The molecule has 0 aliphatic rings. The smallest absolute Gasteiger partial charge is 0.242 e. The maximum absolute atomic E-state index is 13.5. The first-order valence-electron chi connectivity index (χ1n) is 12.5. The molecule has 2 amide bonds. The van der Waals surface area contributed by atoms with Gasteiger partial charge in [0.05, 0.1) is 27.0 Å². The molecule has 2 rings (SSSR count). The van der Waals surface area contributed by atoms with Gasteiger partial charge in [0.15, 0.2) is 11.5 Å². The highest BCUT2D eigenvalue weighted by Crippen LogP contribution is 2.28. The minimum absolute atomic E-state index is 0.0276. The highest BCUT2D eigenvalue weighted by Gasteiger charge is 2.30. The fourth-order valence-electron chi connectivity index (χ4n) is 3.96. The van der Waals surface area contributed by atoms with Crippen LogP contribution in [-0.4, -0.2) is 54.5 Å². The van der Waals surface area contributed by atoms with Crippen molar-refractivity contribution in [1.29, 1.82) is 0 Å². The molecule has 35 heavy (non-hydrogen) atoms. The molecule has 1 aromatic heterocycles. The van der Waals surface area contributed by atoms with Gasteiger partial charge in [-0.05, 0) is 63.4 Å². The summed E-state index contributed by atoms with van der Waals surface area (Å²) >= 11 is 0. The summed E-state index contributed by atoms with van der Waals surface area (Å²) in [7, 11) is 3.21. The number of nitrogens with zero attached hydrogens (tertiary/aromatic N) is 2. The number of amides is 2. The van der Waals surface area contributed by atoms with Gasteiger partial charge in [-0.15, -0.1) is 0 Å². The molecule has 0 aliphatic heterocycles. The van der Waals surface area contributed by atoms with Crippen LogP contribution in [0.5, 0.6) is 11.5 Å². The second-order valence-corrected chi connectivity index (χ2v) is 9.80. The van der Waals surface area contributed by atoms with Crippen molar-refractivity contribution in [2.45, 2.75) is 78.3 Å². The van der Waals surface area contributed by atoms with Crippen LogP contribution in [0.2, 0.25) is 0 Å². The third kappa shape index (κ3) is 8.96. The zero-order chi connectivity index (χ0) is 25.8. The van der Waals surface area contributed by atoms with Gasteiger partial charge in [-0.1, -0.05) is 32.3 Å². The summed E-state index contributed by atoms with van der Waals surface area (Å²) in [6.07, 6.45) is 6.83. The minimum Gasteiger partial charge on any atom is -0.493 e. The fourth-order valence-corrected chi connectivity index (χ4v) is 3.96. The predicted molar refractivity (Wildman–Crippen MR) is 138 cm³/mol. The van der Waals surface area contributed by atoms with Crippen LogP contribution in [0.1, 0.15) is 71.1 Å². The summed E-state index contributed by atoms with van der Waals surface area (Å²) in [4.78, 5) is 30.0. The molecule has 0 saturated heterocycles. The topological polar surface area (TPSA) is 72.2 Å². The van der Waals surface area contributed by atoms with Crippen molar-refractivity contribution in [3.63, 3.8) is 0 Å². The van der Waals surface area contributed by atoms with E-state index in [1.165, 1.54) is 0 Å². The summed E-state index contributed by atoms with van der Waals surface area (Å²) in [6, 6.07) is 9.43. The number of furan rings is 1. The third-order valence-electron chi connectivity index (χ3n) is 6.05. The van der Waals surface area contributed by atoms with Crippen LogP contribution in [0.4, 0.5) is 0 Å². The van der Waals surface area contributed by atoms with Crippen LogP contribution >= 0.6 is 0 Å². The third-order valence-corrected chi connectivity index (χ3v) is 6.05. The highest BCUT2D eigenvalue weighted by atomic mass is 16.5. The number of unbranched alkanes of at least 4 members (excludes halogenated alkanes) is 3. The van der Waals surface area contributed by atoms with Gasteiger partial charge in [-0.3, -0.25) is 9.59 Å². The number of rotatable bonds is 14. The Morgan fingerprint density at radius 2 is 1.71 bits per heavy atom. The zero-order valence-electron chi connectivity index (χ0n) is 22.3. The SMILES string of the molecule is CCCCCCC(=O)N(CC(=O)N(CCc1ccc(OC)c(OC)c1)Cc1ccco1)C(C)(C)C. The average molecular weight is 487 g/mol.